The van der Waals surface area contributed by atoms with Crippen molar-refractivity contribution in [3.63, 3.8) is 0 Å². The van der Waals surface area contributed by atoms with Crippen molar-refractivity contribution in [1.29, 1.82) is 0 Å². The molecule has 0 unspecified atom stereocenters. The molecule has 3 rings (SSSR count). The molecule has 10 heteroatoms. The van der Waals surface area contributed by atoms with E-state index in [1.807, 2.05) is 0 Å². The number of sulfonamides is 1. The molecule has 9 nitrogen and oxygen atoms in total. The lowest BCUT2D eigenvalue weighted by atomic mass is 10.2. The van der Waals surface area contributed by atoms with E-state index in [9.17, 15) is 13.2 Å². The Labute approximate surface area is 145 Å². The zero-order chi connectivity index (χ0) is 18.0. The van der Waals surface area contributed by atoms with Crippen LogP contribution in [-0.4, -0.2) is 45.0 Å². The van der Waals surface area contributed by atoms with Crippen LogP contribution in [0.2, 0.25) is 0 Å². The number of hydrogen-bond acceptors (Lipinski definition) is 7. The van der Waals surface area contributed by atoms with Gasteiger partial charge in [-0.25, -0.2) is 23.1 Å². The fraction of sp³-hybridized carbons (Fsp3) is 0.267. The standard InChI is InChI=1S/C15H17N5O4S/c1-20(2)15-16-6-5-10(18-15)8-17-25(22,23)11-3-4-13-12(7-11)19-14(21)9-24-13/h3-7,17H,8-9H2,1-2H3,(H,19,21). The van der Waals surface area contributed by atoms with Crippen molar-refractivity contribution in [1.82, 2.24) is 14.7 Å². The second-order valence-electron chi connectivity index (χ2n) is 5.56. The minimum absolute atomic E-state index is 0.0195. The molecule has 0 fully saturated rings. The predicted octanol–water partition coefficient (Wildman–Crippen LogP) is 0.352. The number of carbonyl (C=O) groups is 1. The highest BCUT2D eigenvalue weighted by molar-refractivity contribution is 7.89. The number of benzene rings is 1. The van der Waals surface area contributed by atoms with Crippen LogP contribution in [0, 0.1) is 0 Å². The molecule has 1 amide bonds. The highest BCUT2D eigenvalue weighted by atomic mass is 32.2. The zero-order valence-electron chi connectivity index (χ0n) is 13.7. The third kappa shape index (κ3) is 3.86. The molecule has 1 aromatic heterocycles. The third-order valence-corrected chi connectivity index (χ3v) is 4.84. The third-order valence-electron chi connectivity index (χ3n) is 3.44. The van der Waals surface area contributed by atoms with Crippen molar-refractivity contribution in [2.45, 2.75) is 11.4 Å². The maximum Gasteiger partial charge on any atom is 0.262 e. The first-order valence-corrected chi connectivity index (χ1v) is 8.89. The van der Waals surface area contributed by atoms with E-state index in [4.69, 9.17) is 4.74 Å². The van der Waals surface area contributed by atoms with E-state index in [0.29, 0.717) is 23.1 Å². The van der Waals surface area contributed by atoms with Crippen molar-refractivity contribution < 1.29 is 17.9 Å². The number of fused-ring (bicyclic) bond motifs is 1. The molecule has 0 saturated carbocycles. The first-order chi connectivity index (χ1) is 11.8. The molecule has 1 aliphatic heterocycles. The monoisotopic (exact) mass is 363 g/mol. The van der Waals surface area contributed by atoms with Crippen LogP contribution in [0.25, 0.3) is 0 Å². The van der Waals surface area contributed by atoms with Crippen LogP contribution in [0.15, 0.2) is 35.4 Å². The van der Waals surface area contributed by atoms with Crippen LogP contribution in [0.1, 0.15) is 5.69 Å². The lowest BCUT2D eigenvalue weighted by Crippen LogP contribution is -2.27. The number of nitrogens with zero attached hydrogens (tertiary/aromatic N) is 3. The Balaban J connectivity index is 1.77. The van der Waals surface area contributed by atoms with Crippen molar-refractivity contribution >= 4 is 27.6 Å². The molecule has 1 aliphatic rings. The molecule has 0 atom stereocenters. The minimum atomic E-state index is -3.77. The number of amides is 1. The summed E-state index contributed by atoms with van der Waals surface area (Å²) in [5.74, 6) is 0.600. The van der Waals surface area contributed by atoms with E-state index in [2.05, 4.69) is 20.0 Å². The van der Waals surface area contributed by atoms with Gasteiger partial charge < -0.3 is 15.0 Å². The number of rotatable bonds is 5. The Morgan fingerprint density at radius 2 is 2.12 bits per heavy atom. The largest absolute Gasteiger partial charge is 0.482 e. The number of carbonyl (C=O) groups excluding carboxylic acids is 1. The summed E-state index contributed by atoms with van der Waals surface area (Å²) in [5, 5.41) is 2.58. The van der Waals surface area contributed by atoms with E-state index >= 15 is 0 Å². The predicted molar refractivity (Wildman–Crippen MR) is 91.0 cm³/mol. The second kappa shape index (κ2) is 6.65. The molecule has 0 bridgehead atoms. The SMILES string of the molecule is CN(C)c1nccc(CNS(=O)(=O)c2ccc3c(c2)NC(=O)CO3)n1. The topological polar surface area (TPSA) is 114 Å². The van der Waals surface area contributed by atoms with Crippen LogP contribution < -0.4 is 19.7 Å². The van der Waals surface area contributed by atoms with Gasteiger partial charge in [-0.2, -0.15) is 0 Å². The van der Waals surface area contributed by atoms with E-state index in [1.54, 1.807) is 31.3 Å². The Kier molecular flexibility index (Phi) is 4.55. The summed E-state index contributed by atoms with van der Waals surface area (Å²) in [7, 11) is -0.177. The van der Waals surface area contributed by atoms with Crippen LogP contribution in [0.5, 0.6) is 5.75 Å². The maximum atomic E-state index is 12.5. The molecule has 132 valence electrons. The summed E-state index contributed by atoms with van der Waals surface area (Å²) in [5.41, 5.74) is 0.868. The molecule has 0 radical (unpaired) electrons. The molecule has 0 aliphatic carbocycles. The van der Waals surface area contributed by atoms with Crippen molar-refractivity contribution in [3.8, 4) is 5.75 Å². The average Bonchev–Trinajstić information content (AvgIpc) is 2.59. The van der Waals surface area contributed by atoms with Crippen molar-refractivity contribution in [2.24, 2.45) is 0 Å². The number of hydrogen-bond donors (Lipinski definition) is 2. The second-order valence-corrected chi connectivity index (χ2v) is 7.33. The fourth-order valence-corrected chi connectivity index (χ4v) is 3.20. The van der Waals surface area contributed by atoms with Crippen LogP contribution in [-0.2, 0) is 21.4 Å². The van der Waals surface area contributed by atoms with Crippen LogP contribution in [0.4, 0.5) is 11.6 Å². The summed E-state index contributed by atoms with van der Waals surface area (Å²) in [6, 6.07) is 5.93. The van der Waals surface area contributed by atoms with Crippen molar-refractivity contribution in [2.75, 3.05) is 30.9 Å². The zero-order valence-corrected chi connectivity index (χ0v) is 14.5. The Bertz CT molecular complexity index is 914. The summed E-state index contributed by atoms with van der Waals surface area (Å²) >= 11 is 0. The molecule has 25 heavy (non-hydrogen) atoms. The van der Waals surface area contributed by atoms with Gasteiger partial charge in [-0.05, 0) is 24.3 Å². The van der Waals surface area contributed by atoms with Gasteiger partial charge in [0.25, 0.3) is 5.91 Å². The summed E-state index contributed by atoms with van der Waals surface area (Å²) < 4.78 is 32.7. The van der Waals surface area contributed by atoms with Gasteiger partial charge in [0.1, 0.15) is 5.75 Å². The lowest BCUT2D eigenvalue weighted by Gasteiger charge is -2.18. The molecule has 2 N–H and O–H groups in total. The smallest absolute Gasteiger partial charge is 0.262 e. The Morgan fingerprint density at radius 3 is 2.88 bits per heavy atom. The van der Waals surface area contributed by atoms with Gasteiger partial charge in [0.2, 0.25) is 16.0 Å². The Morgan fingerprint density at radius 1 is 1.32 bits per heavy atom. The Hall–Kier alpha value is -2.72. The maximum absolute atomic E-state index is 12.5. The summed E-state index contributed by atoms with van der Waals surface area (Å²) in [6.45, 7) is -0.0646. The highest BCUT2D eigenvalue weighted by Crippen LogP contribution is 2.30. The van der Waals surface area contributed by atoms with E-state index in [-0.39, 0.29) is 24.0 Å². The molecule has 0 spiro atoms. The van der Waals surface area contributed by atoms with E-state index < -0.39 is 10.0 Å². The number of aromatic nitrogens is 2. The van der Waals surface area contributed by atoms with Gasteiger partial charge in [-0.3, -0.25) is 4.79 Å². The first kappa shape index (κ1) is 17.1. The molecular weight excluding hydrogens is 346 g/mol. The average molecular weight is 363 g/mol. The number of nitrogens with one attached hydrogen (secondary N) is 2. The van der Waals surface area contributed by atoms with Crippen LogP contribution >= 0.6 is 0 Å². The van der Waals surface area contributed by atoms with Gasteiger partial charge in [0.15, 0.2) is 6.61 Å². The molecule has 2 aromatic rings. The fourth-order valence-electron chi connectivity index (χ4n) is 2.18. The lowest BCUT2D eigenvalue weighted by molar-refractivity contribution is -0.118. The highest BCUT2D eigenvalue weighted by Gasteiger charge is 2.21. The summed E-state index contributed by atoms with van der Waals surface area (Å²) in [6.07, 6.45) is 1.57. The van der Waals surface area contributed by atoms with Gasteiger partial charge in [0.05, 0.1) is 22.8 Å². The number of ether oxygens (including phenoxy) is 1. The molecule has 2 heterocycles. The van der Waals surface area contributed by atoms with E-state index in [1.165, 1.54) is 18.2 Å². The minimum Gasteiger partial charge on any atom is -0.482 e. The quantitative estimate of drug-likeness (QED) is 0.788. The summed E-state index contributed by atoms with van der Waals surface area (Å²) in [4.78, 5) is 21.5. The molecule has 1 aromatic carbocycles. The van der Waals surface area contributed by atoms with Gasteiger partial charge in [-0.15, -0.1) is 0 Å². The molecule has 0 saturated heterocycles. The van der Waals surface area contributed by atoms with Crippen LogP contribution in [0.3, 0.4) is 0 Å². The van der Waals surface area contributed by atoms with Gasteiger partial charge >= 0.3 is 0 Å². The molecular formula is C15H17N5O4S. The van der Waals surface area contributed by atoms with Gasteiger partial charge in [0, 0.05) is 20.3 Å². The van der Waals surface area contributed by atoms with Gasteiger partial charge in [-0.1, -0.05) is 0 Å². The van der Waals surface area contributed by atoms with E-state index in [0.717, 1.165) is 0 Å². The normalized spacial score (nSPS) is 13.6. The first-order valence-electron chi connectivity index (χ1n) is 7.41. The van der Waals surface area contributed by atoms with Crippen molar-refractivity contribution in [3.05, 3.63) is 36.2 Å². The number of anilines is 2.